The number of Topliss-reactive ketones (excluding diaryl/α,β-unsaturated/α-hetero) is 1. The lowest BCUT2D eigenvalue weighted by atomic mass is 10.0. The Morgan fingerprint density at radius 2 is 1.41 bits per heavy atom. The number of ether oxygens (including phenoxy) is 1. The average molecular weight is 808 g/mol. The molecule has 3 aromatic carbocycles. The van der Waals surface area contributed by atoms with Gasteiger partial charge in [-0.3, -0.25) is 14.4 Å². The summed E-state index contributed by atoms with van der Waals surface area (Å²) < 4.78 is 174. The number of carbonyl (C=O) groups excluding carboxylic acids is 3. The van der Waals surface area contributed by atoms with E-state index in [4.69, 9.17) is 34.8 Å². The zero-order valence-electron chi connectivity index (χ0n) is 24.2. The summed E-state index contributed by atoms with van der Waals surface area (Å²) >= 11 is 18.3. The summed E-state index contributed by atoms with van der Waals surface area (Å²) in [5, 5.41) is 3.71. The Bertz CT molecular complexity index is 1900. The van der Waals surface area contributed by atoms with Gasteiger partial charge in [0.25, 0.3) is 5.91 Å². The maximum absolute atomic E-state index is 15.1. The summed E-state index contributed by atoms with van der Waals surface area (Å²) in [6.07, 6.45) is -20.2. The molecule has 0 saturated heterocycles. The molecule has 1 saturated carbocycles. The quantitative estimate of drug-likeness (QED) is 0.158. The number of hydrogen-bond acceptors (Lipinski definition) is 4. The fourth-order valence-electron chi connectivity index (χ4n) is 4.71. The van der Waals surface area contributed by atoms with Gasteiger partial charge in [-0.2, -0.15) is 30.7 Å². The molecule has 22 heteroatoms. The van der Waals surface area contributed by atoms with Gasteiger partial charge < -0.3 is 10.6 Å². The molecule has 1 aliphatic carbocycles. The largest absolute Gasteiger partial charge is 0.527 e. The van der Waals surface area contributed by atoms with E-state index in [0.29, 0.717) is 18.2 Å². The number of alkyl halides is 12. The monoisotopic (exact) mass is 806 g/mol. The highest BCUT2D eigenvalue weighted by molar-refractivity contribution is 6.53. The first kappa shape index (κ1) is 40.0. The van der Waals surface area contributed by atoms with Gasteiger partial charge in [0.2, 0.25) is 11.7 Å². The van der Waals surface area contributed by atoms with Gasteiger partial charge in [-0.1, -0.05) is 17.7 Å². The normalized spacial score (nSPS) is 17.6. The Labute approximate surface area is 290 Å². The standard InChI is InChI=1S/C29H14Cl3F13N2O4/c30-15-3-2-11(46-24(50)21-20(25(21,31)32)10-1-4-17(34)14(7-10)27(38,39)40)8-12(15)23(49)47-18-6-5-16(33)13(22(18)35)9-19(48)26(36,37)28(41,42)51-29(43,44)45/h1-8,20-21H,9H2,(H,46,50)(H,47,49)/t20-,21+/m0/s1. The fraction of sp³-hybridized carbons (Fsp3) is 0.276. The van der Waals surface area contributed by atoms with Crippen molar-refractivity contribution in [2.45, 2.75) is 41.2 Å². The van der Waals surface area contributed by atoms with Gasteiger partial charge in [-0.25, -0.2) is 17.9 Å². The number of benzene rings is 3. The molecule has 6 nitrogen and oxygen atoms in total. The topological polar surface area (TPSA) is 84.5 Å². The van der Waals surface area contributed by atoms with Crippen molar-refractivity contribution in [2.24, 2.45) is 5.92 Å². The lowest BCUT2D eigenvalue weighted by molar-refractivity contribution is -0.457. The van der Waals surface area contributed by atoms with Gasteiger partial charge in [0, 0.05) is 23.6 Å². The summed E-state index contributed by atoms with van der Waals surface area (Å²) in [6.45, 7) is 0. The predicted molar refractivity (Wildman–Crippen MR) is 152 cm³/mol. The SMILES string of the molecule is O=C(Nc1ccc(F)c(CC(=O)C(F)(F)C(F)(F)OC(F)(F)F)c1F)c1cc(NC(=O)[C@H]2[C@H](c3ccc(F)c(C(F)(F)F)c3)C2(Cl)Cl)ccc1Cl. The third-order valence-electron chi connectivity index (χ3n) is 7.20. The van der Waals surface area contributed by atoms with Crippen molar-refractivity contribution in [3.05, 3.63) is 93.3 Å². The van der Waals surface area contributed by atoms with Crippen LogP contribution in [-0.2, 0) is 26.9 Å². The molecule has 0 unspecified atom stereocenters. The number of amides is 2. The van der Waals surface area contributed by atoms with E-state index in [2.05, 4.69) is 5.32 Å². The summed E-state index contributed by atoms with van der Waals surface area (Å²) in [4.78, 5) is 37.8. The van der Waals surface area contributed by atoms with Gasteiger partial charge in [-0.15, -0.1) is 36.4 Å². The molecule has 0 spiro atoms. The highest BCUT2D eigenvalue weighted by atomic mass is 35.5. The van der Waals surface area contributed by atoms with Crippen molar-refractivity contribution in [3.63, 3.8) is 0 Å². The third-order valence-corrected chi connectivity index (χ3v) is 8.47. The molecule has 3 aromatic rings. The maximum Gasteiger partial charge on any atom is 0.527 e. The summed E-state index contributed by atoms with van der Waals surface area (Å²) in [6, 6.07) is 5.64. The zero-order valence-corrected chi connectivity index (χ0v) is 26.4. The fourth-order valence-corrected chi connectivity index (χ4v) is 5.74. The van der Waals surface area contributed by atoms with E-state index >= 15 is 4.39 Å². The van der Waals surface area contributed by atoms with Gasteiger partial charge in [0.15, 0.2) is 5.82 Å². The van der Waals surface area contributed by atoms with Gasteiger partial charge in [-0.05, 0) is 48.0 Å². The van der Waals surface area contributed by atoms with Gasteiger partial charge >= 0.3 is 24.6 Å². The number of anilines is 2. The van der Waals surface area contributed by atoms with E-state index < -0.39 is 110 Å². The molecule has 4 rings (SSSR count). The van der Waals surface area contributed by atoms with Gasteiger partial charge in [0.05, 0.1) is 27.8 Å². The summed E-state index contributed by atoms with van der Waals surface area (Å²) in [7, 11) is 0. The third kappa shape index (κ3) is 8.31. The van der Waals surface area contributed by atoms with Crippen LogP contribution in [0.1, 0.15) is 33.0 Å². The average Bonchev–Trinajstić information content (AvgIpc) is 3.57. The number of halogens is 16. The van der Waals surface area contributed by atoms with E-state index in [1.54, 1.807) is 0 Å². The van der Waals surface area contributed by atoms with Crippen LogP contribution in [-0.4, -0.2) is 40.3 Å². The van der Waals surface area contributed by atoms with Crippen LogP contribution in [0.4, 0.5) is 68.5 Å². The van der Waals surface area contributed by atoms with Crippen LogP contribution in [0.2, 0.25) is 5.02 Å². The second kappa shape index (κ2) is 13.6. The minimum atomic E-state index is -6.48. The highest BCUT2D eigenvalue weighted by Gasteiger charge is 2.68. The number of carbonyl (C=O) groups is 3. The van der Waals surface area contributed by atoms with Crippen molar-refractivity contribution >= 4 is 63.8 Å². The molecule has 2 atom stereocenters. The second-order valence-corrected chi connectivity index (χ2v) is 12.5. The van der Waals surface area contributed by atoms with Crippen LogP contribution < -0.4 is 10.6 Å². The highest BCUT2D eigenvalue weighted by Crippen LogP contribution is 2.65. The molecular formula is C29H14Cl3F13N2O4. The van der Waals surface area contributed by atoms with Crippen LogP contribution in [0.25, 0.3) is 0 Å². The molecule has 0 radical (unpaired) electrons. The smallest absolute Gasteiger partial charge is 0.326 e. The Kier molecular flexibility index (Phi) is 10.7. The minimum Gasteiger partial charge on any atom is -0.326 e. The number of nitrogens with one attached hydrogen (secondary N) is 2. The summed E-state index contributed by atoms with van der Waals surface area (Å²) in [5.74, 6) is -19.8. The van der Waals surface area contributed by atoms with Crippen molar-refractivity contribution in [1.82, 2.24) is 0 Å². The predicted octanol–water partition coefficient (Wildman–Crippen LogP) is 9.43. The molecule has 1 fully saturated rings. The summed E-state index contributed by atoms with van der Waals surface area (Å²) in [5.41, 5.74) is -5.43. The second-order valence-electron chi connectivity index (χ2n) is 10.6. The molecular weight excluding hydrogens is 794 g/mol. The van der Waals surface area contributed by atoms with E-state index in [1.165, 1.54) is 0 Å². The van der Waals surface area contributed by atoms with E-state index in [-0.39, 0.29) is 17.3 Å². The molecule has 0 aliphatic heterocycles. The van der Waals surface area contributed by atoms with Crippen LogP contribution in [0.15, 0.2) is 48.5 Å². The van der Waals surface area contributed by atoms with Crippen LogP contribution in [0.5, 0.6) is 0 Å². The van der Waals surface area contributed by atoms with Crippen LogP contribution in [0.3, 0.4) is 0 Å². The van der Waals surface area contributed by atoms with E-state index in [1.807, 2.05) is 10.1 Å². The molecule has 276 valence electrons. The molecule has 0 heterocycles. The number of hydrogen-bond donors (Lipinski definition) is 2. The molecule has 1 aliphatic rings. The number of ketones is 1. The van der Waals surface area contributed by atoms with Gasteiger partial charge in [0.1, 0.15) is 16.0 Å². The maximum atomic E-state index is 15.1. The molecule has 0 aromatic heterocycles. The number of rotatable bonds is 10. The molecule has 2 N–H and O–H groups in total. The van der Waals surface area contributed by atoms with Crippen molar-refractivity contribution < 1.29 is 76.2 Å². The minimum absolute atomic E-state index is 0.237. The van der Waals surface area contributed by atoms with Crippen LogP contribution >= 0.6 is 34.8 Å². The zero-order chi connectivity index (χ0) is 38.6. The molecule has 0 bridgehead atoms. The lowest BCUT2D eigenvalue weighted by Gasteiger charge is -2.25. The Hall–Kier alpha value is -3.81. The van der Waals surface area contributed by atoms with Crippen LogP contribution in [0, 0.1) is 23.4 Å². The molecule has 51 heavy (non-hydrogen) atoms. The first-order chi connectivity index (χ1) is 23.2. The Morgan fingerprint density at radius 3 is 2.00 bits per heavy atom. The lowest BCUT2D eigenvalue weighted by Crippen LogP contribution is -2.51. The first-order valence-corrected chi connectivity index (χ1v) is 14.5. The van der Waals surface area contributed by atoms with Crippen molar-refractivity contribution in [2.75, 3.05) is 10.6 Å². The molecule has 2 amide bonds. The van der Waals surface area contributed by atoms with E-state index in [9.17, 15) is 67.1 Å². The Morgan fingerprint density at radius 1 is 0.804 bits per heavy atom. The van der Waals surface area contributed by atoms with E-state index in [0.717, 1.165) is 24.3 Å². The Balaban J connectivity index is 1.52. The first-order valence-electron chi connectivity index (χ1n) is 13.4. The van der Waals surface area contributed by atoms with Crippen molar-refractivity contribution in [1.29, 1.82) is 0 Å². The van der Waals surface area contributed by atoms with Crippen molar-refractivity contribution in [3.8, 4) is 0 Å².